The van der Waals surface area contributed by atoms with Crippen molar-refractivity contribution in [2.45, 2.75) is 38.8 Å². The first-order valence-corrected chi connectivity index (χ1v) is 5.61. The van der Waals surface area contributed by atoms with E-state index in [1.165, 1.54) is 6.92 Å². The van der Waals surface area contributed by atoms with Gasteiger partial charge in [-0.3, -0.25) is 15.5 Å². The summed E-state index contributed by atoms with van der Waals surface area (Å²) in [4.78, 5) is 22.0. The smallest absolute Gasteiger partial charge is 0.487 e. The van der Waals surface area contributed by atoms with Gasteiger partial charge in [0.25, 0.3) is 0 Å². The number of carbonyl (C=O) groups excluding carboxylic acids is 2. The Labute approximate surface area is 167 Å². The van der Waals surface area contributed by atoms with Gasteiger partial charge in [-0.25, -0.2) is 0 Å². The first-order chi connectivity index (χ1) is 9.01. The van der Waals surface area contributed by atoms with Crippen molar-refractivity contribution >= 4 is 11.9 Å². The second-order valence-electron chi connectivity index (χ2n) is 3.88. The summed E-state index contributed by atoms with van der Waals surface area (Å²) < 4.78 is 68.4. The summed E-state index contributed by atoms with van der Waals surface area (Å²) in [6, 6.07) is 0. The number of rotatable bonds is 7. The van der Waals surface area contributed by atoms with Gasteiger partial charge in [0.15, 0.2) is 12.6 Å². The van der Waals surface area contributed by atoms with Crippen LogP contribution >= 0.6 is 0 Å². The maximum Gasteiger partial charge on any atom is 1.00 e. The zero-order valence-electron chi connectivity index (χ0n) is 11.9. The van der Waals surface area contributed by atoms with Crippen LogP contribution in [-0.4, -0.2) is 37.3 Å². The van der Waals surface area contributed by atoms with Crippen molar-refractivity contribution in [3.8, 4) is 0 Å². The van der Waals surface area contributed by atoms with Gasteiger partial charge in [0.1, 0.15) is 0 Å². The van der Waals surface area contributed by atoms with Gasteiger partial charge in [-0.2, -0.15) is 35.3 Å². The van der Waals surface area contributed by atoms with Crippen molar-refractivity contribution in [2.24, 2.45) is 0 Å². The largest absolute Gasteiger partial charge is 1.00 e. The summed E-state index contributed by atoms with van der Waals surface area (Å²) in [5, 5.41) is 0. The van der Waals surface area contributed by atoms with E-state index in [0.717, 1.165) is 0 Å². The molecule has 118 valence electrons. The molecule has 0 spiro atoms. The molecule has 10 heteroatoms. The van der Waals surface area contributed by atoms with Crippen LogP contribution < -0.4 is 58.2 Å². The average Bonchev–Trinajstić information content (AvgIpc) is 2.33. The number of alkyl halides is 5. The Balaban J connectivity index is 0. The fourth-order valence-corrected chi connectivity index (χ4v) is 0.820. The molecule has 0 aliphatic carbocycles. The molecule has 0 aromatic carbocycles. The molecule has 0 saturated heterocycles. The van der Waals surface area contributed by atoms with Crippen molar-refractivity contribution in [3.05, 3.63) is 5.92 Å². The molecule has 0 saturated carbocycles. The number of halogens is 5. The quantitative estimate of drug-likeness (QED) is 0.339. The van der Waals surface area contributed by atoms with Crippen LogP contribution in [-0.2, 0) is 19.1 Å². The Morgan fingerprint density at radius 2 is 1.62 bits per heavy atom. The number of hydrogen-bond donors (Lipinski definition) is 0. The topological polar surface area (TPSA) is 52.6 Å². The Morgan fingerprint density at radius 1 is 1.10 bits per heavy atom. The van der Waals surface area contributed by atoms with E-state index in [0.29, 0.717) is 12.3 Å². The van der Waals surface area contributed by atoms with Crippen LogP contribution in [0.2, 0.25) is 0 Å². The molecular weight excluding hydrogens is 377 g/mol. The Bertz CT molecular complexity index is 346. The molecule has 0 amide bonds. The van der Waals surface area contributed by atoms with Gasteiger partial charge < -0.3 is 9.47 Å². The second kappa shape index (κ2) is 10.1. The molecule has 21 heavy (non-hydrogen) atoms. The van der Waals surface area contributed by atoms with Crippen molar-refractivity contribution in [1.82, 2.24) is 0 Å². The zero-order chi connectivity index (χ0) is 16.0. The molecule has 0 fully saturated rings. The SMILES string of the molecule is CC[C-](C)C(=O)OCCC(=O)OCC(F)(F)C(F)(F)F.[Rb+]. The van der Waals surface area contributed by atoms with Crippen molar-refractivity contribution in [3.63, 3.8) is 0 Å². The second-order valence-corrected chi connectivity index (χ2v) is 3.88. The van der Waals surface area contributed by atoms with Gasteiger partial charge in [0.2, 0.25) is 0 Å². The van der Waals surface area contributed by atoms with E-state index in [1.807, 2.05) is 0 Å². The van der Waals surface area contributed by atoms with E-state index in [1.54, 1.807) is 6.92 Å². The first kappa shape index (κ1) is 23.5. The van der Waals surface area contributed by atoms with Crippen molar-refractivity contribution in [1.29, 1.82) is 0 Å². The number of carbonyl (C=O) groups is 2. The third-order valence-electron chi connectivity index (χ3n) is 2.25. The van der Waals surface area contributed by atoms with Gasteiger partial charge in [-0.15, -0.1) is 0 Å². The molecule has 0 aliphatic rings. The molecule has 0 aliphatic heterocycles. The standard InChI is InChI=1S/C11H14F5O4.Rb/c1-3-7(2)9(18)19-5-4-8(17)20-6-10(12,13)11(14,15)16;/h3-6H2,1-2H3;/q-1;+1. The third-order valence-corrected chi connectivity index (χ3v) is 2.25. The first-order valence-electron chi connectivity index (χ1n) is 5.61. The van der Waals surface area contributed by atoms with Crippen molar-refractivity contribution in [2.75, 3.05) is 13.2 Å². The number of esters is 2. The molecule has 0 radical (unpaired) electrons. The molecule has 4 nitrogen and oxygen atoms in total. The van der Waals surface area contributed by atoms with E-state index in [-0.39, 0.29) is 58.2 Å². The predicted octanol–water partition coefficient (Wildman–Crippen LogP) is -0.331. The maximum absolute atomic E-state index is 12.4. The summed E-state index contributed by atoms with van der Waals surface area (Å²) in [6.45, 7) is 0.657. The fourth-order valence-electron chi connectivity index (χ4n) is 0.820. The average molecular weight is 391 g/mol. The van der Waals surface area contributed by atoms with Gasteiger partial charge in [-0.1, -0.05) is 6.92 Å². The minimum Gasteiger partial charge on any atom is -0.487 e. The summed E-state index contributed by atoms with van der Waals surface area (Å²) in [6.07, 6.45) is -5.95. The minimum absolute atomic E-state index is 0. The third kappa shape index (κ3) is 9.09. The van der Waals surface area contributed by atoms with Crippen LogP contribution in [0.5, 0.6) is 0 Å². The number of hydrogen-bond acceptors (Lipinski definition) is 4. The van der Waals surface area contributed by atoms with Gasteiger partial charge in [0.05, 0.1) is 13.0 Å². The maximum atomic E-state index is 12.4. The normalized spacial score (nSPS) is 11.4. The van der Waals surface area contributed by atoms with Crippen LogP contribution in [0.25, 0.3) is 0 Å². The molecule has 0 aromatic heterocycles. The molecule has 0 aromatic rings. The molecule has 0 N–H and O–H groups in total. The van der Waals surface area contributed by atoms with Crippen LogP contribution in [0.15, 0.2) is 0 Å². The predicted molar refractivity (Wildman–Crippen MR) is 56.7 cm³/mol. The minimum atomic E-state index is -5.78. The molecule has 0 heterocycles. The molecular formula is C11H14F5O4Rb. The Kier molecular flexibility index (Phi) is 11.3. The van der Waals surface area contributed by atoms with E-state index < -0.39 is 43.7 Å². The Morgan fingerprint density at radius 3 is 2.05 bits per heavy atom. The van der Waals surface area contributed by atoms with Crippen LogP contribution in [0.1, 0.15) is 26.7 Å². The monoisotopic (exact) mass is 390 g/mol. The van der Waals surface area contributed by atoms with Gasteiger partial charge in [-0.05, 0) is 0 Å². The van der Waals surface area contributed by atoms with E-state index in [4.69, 9.17) is 0 Å². The van der Waals surface area contributed by atoms with Crippen LogP contribution in [0.3, 0.4) is 0 Å². The summed E-state index contributed by atoms with van der Waals surface area (Å²) in [5.74, 6) is -6.69. The van der Waals surface area contributed by atoms with Crippen molar-refractivity contribution < 1.29 is 99.2 Å². The van der Waals surface area contributed by atoms with Crippen LogP contribution in [0, 0.1) is 5.92 Å². The van der Waals surface area contributed by atoms with Gasteiger partial charge >= 0.3 is 76.3 Å². The van der Waals surface area contributed by atoms with Gasteiger partial charge in [0, 0.05) is 0 Å². The zero-order valence-corrected chi connectivity index (χ0v) is 16.8. The molecule has 0 unspecified atom stereocenters. The summed E-state index contributed by atoms with van der Waals surface area (Å²) >= 11 is 0. The fraction of sp³-hybridized carbons (Fsp3) is 0.727. The van der Waals surface area contributed by atoms with E-state index in [2.05, 4.69) is 9.47 Å². The van der Waals surface area contributed by atoms with E-state index >= 15 is 0 Å². The Hall–Kier alpha value is 0.265. The molecule has 0 atom stereocenters. The molecule has 0 rings (SSSR count). The number of ether oxygens (including phenoxy) is 2. The molecule has 0 bridgehead atoms. The summed E-state index contributed by atoms with van der Waals surface area (Å²) in [5.41, 5.74) is 0. The summed E-state index contributed by atoms with van der Waals surface area (Å²) in [7, 11) is 0. The van der Waals surface area contributed by atoms with E-state index in [9.17, 15) is 31.5 Å². The van der Waals surface area contributed by atoms with Crippen LogP contribution in [0.4, 0.5) is 22.0 Å².